The Morgan fingerprint density at radius 1 is 1.59 bits per heavy atom. The zero-order valence-corrected chi connectivity index (χ0v) is 10.9. The summed E-state index contributed by atoms with van der Waals surface area (Å²) in [5, 5.41) is 9.03. The van der Waals surface area contributed by atoms with E-state index in [1.807, 2.05) is 6.07 Å². The standard InChI is InChI=1S/C12H11BrFNO2/c1-2-17-12(16)5-9-3-8(7-15)4-11(14)10(9)6-13/h3-4H,2,5-6H2,1H3. The molecule has 0 aliphatic carbocycles. The Bertz CT molecular complexity index is 468. The molecular weight excluding hydrogens is 289 g/mol. The molecule has 0 unspecified atom stereocenters. The van der Waals surface area contributed by atoms with Crippen LogP contribution < -0.4 is 0 Å². The number of esters is 1. The van der Waals surface area contributed by atoms with Gasteiger partial charge in [0.05, 0.1) is 24.7 Å². The average molecular weight is 300 g/mol. The minimum atomic E-state index is -0.486. The van der Waals surface area contributed by atoms with Gasteiger partial charge in [0.25, 0.3) is 0 Å². The zero-order valence-electron chi connectivity index (χ0n) is 9.30. The number of carbonyl (C=O) groups is 1. The number of rotatable bonds is 4. The first-order valence-corrected chi connectivity index (χ1v) is 6.17. The van der Waals surface area contributed by atoms with Crippen LogP contribution in [-0.4, -0.2) is 12.6 Å². The molecule has 3 nitrogen and oxygen atoms in total. The molecule has 0 spiro atoms. The van der Waals surface area contributed by atoms with Gasteiger partial charge in [0, 0.05) is 10.9 Å². The highest BCUT2D eigenvalue weighted by molar-refractivity contribution is 9.08. The molecule has 0 heterocycles. The molecule has 0 fully saturated rings. The van der Waals surface area contributed by atoms with E-state index in [0.29, 0.717) is 16.5 Å². The van der Waals surface area contributed by atoms with E-state index in [1.165, 1.54) is 6.07 Å². The number of alkyl halides is 1. The van der Waals surface area contributed by atoms with Gasteiger partial charge < -0.3 is 4.74 Å². The number of nitrogens with zero attached hydrogens (tertiary/aromatic N) is 1. The van der Waals surface area contributed by atoms with Crippen molar-refractivity contribution in [2.75, 3.05) is 6.61 Å². The number of nitriles is 1. The quantitative estimate of drug-likeness (QED) is 0.634. The van der Waals surface area contributed by atoms with Crippen molar-refractivity contribution in [3.8, 4) is 6.07 Å². The van der Waals surface area contributed by atoms with Gasteiger partial charge in [-0.15, -0.1) is 0 Å². The topological polar surface area (TPSA) is 50.1 Å². The third-order valence-electron chi connectivity index (χ3n) is 2.19. The highest BCUT2D eigenvalue weighted by atomic mass is 79.9. The van der Waals surface area contributed by atoms with Crippen molar-refractivity contribution < 1.29 is 13.9 Å². The lowest BCUT2D eigenvalue weighted by Gasteiger charge is -2.08. The fourth-order valence-corrected chi connectivity index (χ4v) is 2.06. The minimum absolute atomic E-state index is 0.0266. The summed E-state index contributed by atoms with van der Waals surface area (Å²) in [6, 6.07) is 4.53. The van der Waals surface area contributed by atoms with Gasteiger partial charge in [-0.1, -0.05) is 15.9 Å². The van der Waals surface area contributed by atoms with Gasteiger partial charge in [-0.05, 0) is 24.6 Å². The third-order valence-corrected chi connectivity index (χ3v) is 2.75. The first-order valence-electron chi connectivity index (χ1n) is 5.05. The third kappa shape index (κ3) is 3.53. The number of hydrogen-bond acceptors (Lipinski definition) is 3. The van der Waals surface area contributed by atoms with Crippen molar-refractivity contribution in [2.45, 2.75) is 18.7 Å². The van der Waals surface area contributed by atoms with Crippen molar-refractivity contribution in [2.24, 2.45) is 0 Å². The van der Waals surface area contributed by atoms with Crippen LogP contribution in [0.15, 0.2) is 12.1 Å². The molecule has 1 aromatic carbocycles. The molecule has 5 heteroatoms. The maximum atomic E-state index is 13.6. The van der Waals surface area contributed by atoms with E-state index in [9.17, 15) is 9.18 Å². The molecule has 0 bridgehead atoms. The second-order valence-corrected chi connectivity index (χ2v) is 3.88. The Morgan fingerprint density at radius 3 is 2.82 bits per heavy atom. The molecule has 0 radical (unpaired) electrons. The SMILES string of the molecule is CCOC(=O)Cc1cc(C#N)cc(F)c1CBr. The summed E-state index contributed by atoms with van der Waals surface area (Å²) < 4.78 is 18.4. The molecule has 0 aliphatic heterocycles. The molecule has 17 heavy (non-hydrogen) atoms. The molecule has 1 rings (SSSR count). The Hall–Kier alpha value is -1.41. The Labute approximate surface area is 107 Å². The maximum absolute atomic E-state index is 13.6. The molecule has 0 amide bonds. The van der Waals surface area contributed by atoms with Crippen molar-refractivity contribution in [1.82, 2.24) is 0 Å². The lowest BCUT2D eigenvalue weighted by molar-refractivity contribution is -0.142. The molecule has 0 aliphatic rings. The monoisotopic (exact) mass is 299 g/mol. The second-order valence-electron chi connectivity index (χ2n) is 3.32. The highest BCUT2D eigenvalue weighted by Gasteiger charge is 2.13. The largest absolute Gasteiger partial charge is 0.466 e. The Kier molecular flexibility index (Phi) is 5.11. The van der Waals surface area contributed by atoms with E-state index in [4.69, 9.17) is 10.00 Å². The summed E-state index contributed by atoms with van der Waals surface area (Å²) in [5.74, 6) is -0.913. The van der Waals surface area contributed by atoms with Crippen LogP contribution in [-0.2, 0) is 21.3 Å². The number of hydrogen-bond donors (Lipinski definition) is 0. The van der Waals surface area contributed by atoms with Gasteiger partial charge in [0.15, 0.2) is 0 Å². The van der Waals surface area contributed by atoms with E-state index in [1.54, 1.807) is 6.92 Å². The predicted molar refractivity (Wildman–Crippen MR) is 64.1 cm³/mol. The minimum Gasteiger partial charge on any atom is -0.466 e. The molecule has 0 aromatic heterocycles. The molecule has 0 N–H and O–H groups in total. The fourth-order valence-electron chi connectivity index (χ4n) is 1.43. The van der Waals surface area contributed by atoms with Crippen LogP contribution in [0.1, 0.15) is 23.6 Å². The van der Waals surface area contributed by atoms with Gasteiger partial charge in [-0.3, -0.25) is 4.79 Å². The highest BCUT2D eigenvalue weighted by Crippen LogP contribution is 2.20. The summed E-state index contributed by atoms with van der Waals surface area (Å²) in [6.07, 6.45) is -0.0266. The summed E-state index contributed by atoms with van der Waals surface area (Å²) in [7, 11) is 0. The van der Waals surface area contributed by atoms with Crippen LogP contribution in [0.2, 0.25) is 0 Å². The Morgan fingerprint density at radius 2 is 2.29 bits per heavy atom. The van der Waals surface area contributed by atoms with E-state index < -0.39 is 11.8 Å². The fraction of sp³-hybridized carbons (Fsp3) is 0.333. The van der Waals surface area contributed by atoms with E-state index in [0.717, 1.165) is 6.07 Å². The predicted octanol–water partition coefficient (Wildman–Crippen LogP) is 2.70. The summed E-state index contributed by atoms with van der Waals surface area (Å²) >= 11 is 3.16. The lowest BCUT2D eigenvalue weighted by Crippen LogP contribution is -2.10. The number of ether oxygens (including phenoxy) is 1. The van der Waals surface area contributed by atoms with Crippen LogP contribution in [0.5, 0.6) is 0 Å². The van der Waals surface area contributed by atoms with Gasteiger partial charge >= 0.3 is 5.97 Å². The normalized spacial score (nSPS) is 9.76. The van der Waals surface area contributed by atoms with Crippen LogP contribution in [0, 0.1) is 17.1 Å². The first kappa shape index (κ1) is 13.7. The van der Waals surface area contributed by atoms with Crippen molar-refractivity contribution in [1.29, 1.82) is 5.26 Å². The average Bonchev–Trinajstić information content (AvgIpc) is 2.28. The van der Waals surface area contributed by atoms with Gasteiger partial charge in [0.2, 0.25) is 0 Å². The van der Waals surface area contributed by atoms with E-state index in [-0.39, 0.29) is 18.6 Å². The van der Waals surface area contributed by atoms with Crippen LogP contribution in [0.25, 0.3) is 0 Å². The smallest absolute Gasteiger partial charge is 0.310 e. The van der Waals surface area contributed by atoms with Crippen LogP contribution >= 0.6 is 15.9 Å². The summed E-state index contributed by atoms with van der Waals surface area (Å²) in [4.78, 5) is 11.3. The van der Waals surface area contributed by atoms with Crippen LogP contribution in [0.3, 0.4) is 0 Å². The molecule has 0 saturated heterocycles. The van der Waals surface area contributed by atoms with Crippen molar-refractivity contribution >= 4 is 21.9 Å². The zero-order chi connectivity index (χ0) is 12.8. The van der Waals surface area contributed by atoms with E-state index in [2.05, 4.69) is 15.9 Å². The summed E-state index contributed by atoms with van der Waals surface area (Å²) in [6.45, 7) is 1.98. The molecule has 90 valence electrons. The van der Waals surface area contributed by atoms with E-state index >= 15 is 0 Å². The van der Waals surface area contributed by atoms with Gasteiger partial charge in [-0.25, -0.2) is 4.39 Å². The maximum Gasteiger partial charge on any atom is 0.310 e. The van der Waals surface area contributed by atoms with Crippen molar-refractivity contribution in [3.63, 3.8) is 0 Å². The lowest BCUT2D eigenvalue weighted by atomic mass is 10.0. The molecular formula is C12H11BrFNO2. The molecule has 0 atom stereocenters. The number of carbonyl (C=O) groups excluding carboxylic acids is 1. The second kappa shape index (κ2) is 6.36. The molecule has 1 aromatic rings. The number of halogens is 2. The van der Waals surface area contributed by atoms with Crippen molar-refractivity contribution in [3.05, 3.63) is 34.6 Å². The number of benzene rings is 1. The molecule has 0 saturated carbocycles. The van der Waals surface area contributed by atoms with Gasteiger partial charge in [0.1, 0.15) is 5.82 Å². The first-order chi connectivity index (χ1) is 8.12. The van der Waals surface area contributed by atoms with Crippen LogP contribution in [0.4, 0.5) is 4.39 Å². The van der Waals surface area contributed by atoms with Gasteiger partial charge in [-0.2, -0.15) is 5.26 Å². The Balaban J connectivity index is 3.08. The summed E-state index contributed by atoms with van der Waals surface area (Å²) in [5.41, 5.74) is 1.07.